The van der Waals surface area contributed by atoms with Crippen molar-refractivity contribution in [3.63, 3.8) is 0 Å². The van der Waals surface area contributed by atoms with Crippen molar-refractivity contribution in [1.82, 2.24) is 0 Å². The highest BCUT2D eigenvalue weighted by Gasteiger charge is 2.16. The summed E-state index contributed by atoms with van der Waals surface area (Å²) in [5, 5.41) is 16.6. The van der Waals surface area contributed by atoms with Gasteiger partial charge in [0.1, 0.15) is 6.04 Å². The fraction of sp³-hybridized carbons (Fsp3) is 0.667. The smallest absolute Gasteiger partial charge is 0.323 e. The number of aliphatic carboxylic acids is 1. The summed E-state index contributed by atoms with van der Waals surface area (Å²) in [6.45, 7) is 2.64. The number of primary amides is 1. The zero-order valence-corrected chi connectivity index (χ0v) is 7.02. The topological polar surface area (TPSA) is 127 Å². The molecule has 0 aromatic carbocycles. The summed E-state index contributed by atoms with van der Waals surface area (Å²) in [5.41, 5.74) is 9.38. The molecule has 6 heteroatoms. The van der Waals surface area contributed by atoms with E-state index in [1.807, 2.05) is 0 Å². The molecule has 12 heavy (non-hydrogen) atoms. The molecule has 6 nitrogen and oxygen atoms in total. The van der Waals surface area contributed by atoms with Crippen molar-refractivity contribution in [3.05, 3.63) is 0 Å². The van der Waals surface area contributed by atoms with Crippen LogP contribution < -0.4 is 11.5 Å². The highest BCUT2D eigenvalue weighted by molar-refractivity contribution is 5.73. The lowest BCUT2D eigenvalue weighted by atomic mass is 10.2. The standard InChI is InChI=1S/C4H9NO3.C2H5NO/c1-2(6)3(5)4(7)8;1-2(3)4/h2-3,6H,5H2,1H3,(H,7,8);1H3,(H2,3,4)/t2-,3+;/m1./s1. The van der Waals surface area contributed by atoms with Crippen molar-refractivity contribution in [2.24, 2.45) is 11.5 Å². The number of rotatable bonds is 2. The molecule has 0 aliphatic rings. The fourth-order valence-electron chi connectivity index (χ4n) is 0.206. The predicted molar refractivity (Wildman–Crippen MR) is 42.2 cm³/mol. The minimum Gasteiger partial charge on any atom is -0.480 e. The summed E-state index contributed by atoms with van der Waals surface area (Å²) >= 11 is 0. The van der Waals surface area contributed by atoms with Crippen LogP contribution in [0.4, 0.5) is 0 Å². The second kappa shape index (κ2) is 6.56. The summed E-state index contributed by atoms with van der Waals surface area (Å²) in [5.74, 6) is -1.51. The molecule has 0 saturated carbocycles. The summed E-state index contributed by atoms with van der Waals surface area (Å²) in [7, 11) is 0. The second-order valence-corrected chi connectivity index (χ2v) is 2.22. The first-order valence-corrected chi connectivity index (χ1v) is 3.21. The molecule has 72 valence electrons. The van der Waals surface area contributed by atoms with E-state index in [1.165, 1.54) is 13.8 Å². The number of carbonyl (C=O) groups is 2. The first-order chi connectivity index (χ1) is 5.29. The monoisotopic (exact) mass is 178 g/mol. The third kappa shape index (κ3) is 11.6. The highest BCUT2D eigenvalue weighted by Crippen LogP contribution is 1.85. The van der Waals surface area contributed by atoms with Crippen molar-refractivity contribution < 1.29 is 19.8 Å². The lowest BCUT2D eigenvalue weighted by molar-refractivity contribution is -0.140. The Balaban J connectivity index is 0. The lowest BCUT2D eigenvalue weighted by Gasteiger charge is -2.06. The maximum Gasteiger partial charge on any atom is 0.323 e. The first kappa shape index (κ1) is 13.4. The number of hydrogen-bond acceptors (Lipinski definition) is 4. The van der Waals surface area contributed by atoms with E-state index in [1.54, 1.807) is 0 Å². The number of carboxylic acids is 1. The minimum atomic E-state index is -1.18. The van der Waals surface area contributed by atoms with Crippen LogP contribution in [0.25, 0.3) is 0 Å². The molecule has 0 aromatic heterocycles. The Morgan fingerprint density at radius 2 is 1.67 bits per heavy atom. The van der Waals surface area contributed by atoms with Crippen LogP contribution >= 0.6 is 0 Å². The van der Waals surface area contributed by atoms with Gasteiger partial charge in [-0.05, 0) is 6.92 Å². The molecule has 0 fully saturated rings. The molecule has 1 amide bonds. The van der Waals surface area contributed by atoms with E-state index in [2.05, 4.69) is 5.73 Å². The van der Waals surface area contributed by atoms with Crippen LogP contribution in [-0.2, 0) is 9.59 Å². The molecule has 0 unspecified atom stereocenters. The van der Waals surface area contributed by atoms with Crippen LogP contribution in [0.2, 0.25) is 0 Å². The Morgan fingerprint density at radius 3 is 1.67 bits per heavy atom. The van der Waals surface area contributed by atoms with Crippen LogP contribution in [0.15, 0.2) is 0 Å². The van der Waals surface area contributed by atoms with Crippen LogP contribution in [0.5, 0.6) is 0 Å². The van der Waals surface area contributed by atoms with E-state index in [0.29, 0.717) is 0 Å². The number of carboxylic acid groups (broad SMARTS) is 1. The third-order valence-corrected chi connectivity index (χ3v) is 0.805. The number of amides is 1. The maximum absolute atomic E-state index is 9.86. The summed E-state index contributed by atoms with van der Waals surface area (Å²) < 4.78 is 0. The first-order valence-electron chi connectivity index (χ1n) is 3.21. The Labute approximate surface area is 70.2 Å². The Morgan fingerprint density at radius 1 is 1.42 bits per heavy atom. The van der Waals surface area contributed by atoms with Crippen LogP contribution in [-0.4, -0.2) is 34.2 Å². The molecule has 0 spiro atoms. The average molecular weight is 178 g/mol. The van der Waals surface area contributed by atoms with Crippen molar-refractivity contribution in [3.8, 4) is 0 Å². The normalized spacial score (nSPS) is 13.7. The summed E-state index contributed by atoms with van der Waals surface area (Å²) in [4.78, 5) is 19.1. The van der Waals surface area contributed by atoms with Crippen molar-refractivity contribution in [2.45, 2.75) is 26.0 Å². The number of hydrogen-bond donors (Lipinski definition) is 4. The molecular weight excluding hydrogens is 164 g/mol. The van der Waals surface area contributed by atoms with Gasteiger partial charge in [-0.2, -0.15) is 0 Å². The lowest BCUT2D eigenvalue weighted by Crippen LogP contribution is -2.39. The quantitative estimate of drug-likeness (QED) is 0.399. The van der Waals surface area contributed by atoms with Crippen molar-refractivity contribution in [1.29, 1.82) is 0 Å². The summed E-state index contributed by atoms with van der Waals surface area (Å²) in [6, 6.07) is -1.16. The average Bonchev–Trinajstić information content (AvgIpc) is 1.84. The maximum atomic E-state index is 9.86. The number of carbonyl (C=O) groups excluding carboxylic acids is 1. The molecule has 0 bridgehead atoms. The second-order valence-electron chi connectivity index (χ2n) is 2.22. The SMILES string of the molecule is CC(N)=O.C[C@@H](O)[C@H](N)C(=O)O. The molecular formula is C6H14N2O4. The zero-order valence-electron chi connectivity index (χ0n) is 7.02. The highest BCUT2D eigenvalue weighted by atomic mass is 16.4. The van der Waals surface area contributed by atoms with Gasteiger partial charge in [0.05, 0.1) is 6.10 Å². The molecule has 0 rings (SSSR count). The van der Waals surface area contributed by atoms with Gasteiger partial charge in [-0.25, -0.2) is 0 Å². The van der Waals surface area contributed by atoms with Crippen molar-refractivity contribution in [2.75, 3.05) is 0 Å². The van der Waals surface area contributed by atoms with Gasteiger partial charge in [0.2, 0.25) is 5.91 Å². The molecule has 6 N–H and O–H groups in total. The van der Waals surface area contributed by atoms with E-state index in [-0.39, 0.29) is 5.91 Å². The Hall–Kier alpha value is -1.14. The van der Waals surface area contributed by atoms with E-state index in [4.69, 9.17) is 15.9 Å². The molecule has 2 atom stereocenters. The van der Waals surface area contributed by atoms with Gasteiger partial charge >= 0.3 is 5.97 Å². The van der Waals surface area contributed by atoms with E-state index >= 15 is 0 Å². The molecule has 0 radical (unpaired) electrons. The molecule has 0 aliphatic heterocycles. The fourth-order valence-corrected chi connectivity index (χ4v) is 0.206. The van der Waals surface area contributed by atoms with E-state index in [0.717, 1.165) is 0 Å². The zero-order chi connectivity index (χ0) is 10.3. The van der Waals surface area contributed by atoms with Gasteiger partial charge in [0, 0.05) is 6.92 Å². The predicted octanol–water partition coefficient (Wildman–Crippen LogP) is -1.73. The van der Waals surface area contributed by atoms with Crippen LogP contribution in [0.1, 0.15) is 13.8 Å². The molecule has 0 saturated heterocycles. The van der Waals surface area contributed by atoms with Crippen molar-refractivity contribution >= 4 is 11.9 Å². The van der Waals surface area contributed by atoms with Gasteiger partial charge in [-0.3, -0.25) is 9.59 Å². The van der Waals surface area contributed by atoms with Gasteiger partial charge in [-0.1, -0.05) is 0 Å². The largest absolute Gasteiger partial charge is 0.480 e. The Bertz CT molecular complexity index is 154. The van der Waals surface area contributed by atoms with E-state index < -0.39 is 18.1 Å². The molecule has 0 aliphatic carbocycles. The number of aliphatic hydroxyl groups is 1. The van der Waals surface area contributed by atoms with Gasteiger partial charge in [0.15, 0.2) is 0 Å². The molecule has 0 aromatic rings. The van der Waals surface area contributed by atoms with Gasteiger partial charge in [-0.15, -0.1) is 0 Å². The third-order valence-electron chi connectivity index (χ3n) is 0.805. The van der Waals surface area contributed by atoms with Gasteiger partial charge < -0.3 is 21.7 Å². The minimum absolute atomic E-state index is 0.333. The molecule has 0 heterocycles. The number of nitrogens with two attached hydrogens (primary N) is 2. The van der Waals surface area contributed by atoms with Crippen LogP contribution in [0.3, 0.4) is 0 Å². The summed E-state index contributed by atoms with van der Waals surface area (Å²) in [6.07, 6.45) is -0.979. The van der Waals surface area contributed by atoms with Gasteiger partial charge in [0.25, 0.3) is 0 Å². The Kier molecular flexibility index (Phi) is 7.36. The number of aliphatic hydroxyl groups excluding tert-OH is 1. The van der Waals surface area contributed by atoms with Crippen LogP contribution in [0, 0.1) is 0 Å². The van der Waals surface area contributed by atoms with E-state index in [9.17, 15) is 9.59 Å².